The van der Waals surface area contributed by atoms with Crippen molar-refractivity contribution in [2.45, 2.75) is 11.8 Å². The third kappa shape index (κ3) is 1.88. The second-order valence-corrected chi connectivity index (χ2v) is 4.08. The van der Waals surface area contributed by atoms with Crippen LogP contribution in [-0.4, -0.2) is 5.16 Å². The highest BCUT2D eigenvalue weighted by atomic mass is 32.2. The molecule has 2 N–H and O–H groups in total. The summed E-state index contributed by atoms with van der Waals surface area (Å²) in [6.45, 7) is 2.01. The van der Waals surface area contributed by atoms with Gasteiger partial charge in [0.2, 0.25) is 5.88 Å². The van der Waals surface area contributed by atoms with Crippen LogP contribution in [0.1, 0.15) is 5.56 Å². The molecule has 1 heterocycles. The first-order valence-electron chi connectivity index (χ1n) is 4.60. The van der Waals surface area contributed by atoms with Gasteiger partial charge in [0.05, 0.1) is 0 Å². The number of aryl methyl sites for hydroxylation is 1. The zero-order valence-electron chi connectivity index (χ0n) is 8.60. The van der Waals surface area contributed by atoms with Gasteiger partial charge in [-0.05, 0) is 18.7 Å². The van der Waals surface area contributed by atoms with E-state index in [2.05, 4.69) is 5.16 Å². The van der Waals surface area contributed by atoms with Crippen molar-refractivity contribution < 1.29 is 4.52 Å². The number of thiocyanates is 1. The molecular weight excluding hydrogens is 222 g/mol. The number of hydrogen-bond donors (Lipinski definition) is 1. The summed E-state index contributed by atoms with van der Waals surface area (Å²) >= 11 is 0.959. The van der Waals surface area contributed by atoms with E-state index in [1.54, 1.807) is 0 Å². The van der Waals surface area contributed by atoms with Crippen molar-refractivity contribution >= 4 is 17.6 Å². The number of aromatic nitrogens is 1. The van der Waals surface area contributed by atoms with Crippen molar-refractivity contribution in [3.63, 3.8) is 0 Å². The van der Waals surface area contributed by atoms with Crippen molar-refractivity contribution in [1.82, 2.24) is 5.16 Å². The maximum atomic E-state index is 8.67. The predicted molar refractivity (Wildman–Crippen MR) is 62.6 cm³/mol. The smallest absolute Gasteiger partial charge is 0.237 e. The molecule has 2 aromatic rings. The van der Waals surface area contributed by atoms with Crippen LogP contribution in [0.2, 0.25) is 0 Å². The van der Waals surface area contributed by atoms with E-state index in [0.717, 1.165) is 22.9 Å². The Morgan fingerprint density at radius 2 is 2.06 bits per heavy atom. The lowest BCUT2D eigenvalue weighted by Gasteiger charge is -1.98. The maximum absolute atomic E-state index is 8.67. The minimum absolute atomic E-state index is 0.183. The molecule has 0 aliphatic heterocycles. The van der Waals surface area contributed by atoms with Crippen LogP contribution < -0.4 is 5.73 Å². The van der Waals surface area contributed by atoms with Gasteiger partial charge in [0.15, 0.2) is 0 Å². The second kappa shape index (κ2) is 4.29. The molecule has 0 aliphatic rings. The van der Waals surface area contributed by atoms with E-state index in [0.29, 0.717) is 10.6 Å². The van der Waals surface area contributed by atoms with Crippen LogP contribution in [0.4, 0.5) is 5.88 Å². The summed E-state index contributed by atoms with van der Waals surface area (Å²) in [5, 5.41) is 14.5. The topological polar surface area (TPSA) is 75.8 Å². The van der Waals surface area contributed by atoms with Gasteiger partial charge in [0.25, 0.3) is 0 Å². The summed E-state index contributed by atoms with van der Waals surface area (Å²) in [4.78, 5) is 0.575. The van der Waals surface area contributed by atoms with E-state index >= 15 is 0 Å². The Morgan fingerprint density at radius 1 is 1.38 bits per heavy atom. The van der Waals surface area contributed by atoms with Crippen molar-refractivity contribution in [3.8, 4) is 16.7 Å². The van der Waals surface area contributed by atoms with Gasteiger partial charge >= 0.3 is 0 Å². The number of rotatable bonds is 2. The van der Waals surface area contributed by atoms with Gasteiger partial charge in [-0.25, -0.2) is 0 Å². The average molecular weight is 231 g/mol. The Morgan fingerprint density at radius 3 is 2.69 bits per heavy atom. The average Bonchev–Trinajstić information content (AvgIpc) is 2.63. The van der Waals surface area contributed by atoms with Crippen LogP contribution in [0.3, 0.4) is 0 Å². The van der Waals surface area contributed by atoms with E-state index in [4.69, 9.17) is 15.5 Å². The van der Waals surface area contributed by atoms with Crippen molar-refractivity contribution in [2.75, 3.05) is 5.73 Å². The normalized spacial score (nSPS) is 10.0. The predicted octanol–water partition coefficient (Wildman–Crippen LogP) is 2.81. The number of nitrogens with zero attached hydrogens (tertiary/aromatic N) is 2. The van der Waals surface area contributed by atoms with Crippen LogP contribution >= 0.6 is 11.8 Å². The summed E-state index contributed by atoms with van der Waals surface area (Å²) in [6, 6.07) is 7.80. The van der Waals surface area contributed by atoms with E-state index in [9.17, 15) is 0 Å². The van der Waals surface area contributed by atoms with E-state index < -0.39 is 0 Å². The van der Waals surface area contributed by atoms with Crippen molar-refractivity contribution in [1.29, 1.82) is 5.26 Å². The Kier molecular flexibility index (Phi) is 2.84. The van der Waals surface area contributed by atoms with Crippen LogP contribution in [0, 0.1) is 17.6 Å². The highest BCUT2D eigenvalue weighted by Crippen LogP contribution is 2.34. The number of thioether (sulfide) groups is 1. The molecule has 4 nitrogen and oxygen atoms in total. The first-order valence-corrected chi connectivity index (χ1v) is 5.42. The minimum Gasteiger partial charge on any atom is -0.367 e. The van der Waals surface area contributed by atoms with Crippen molar-refractivity contribution in [2.24, 2.45) is 0 Å². The Bertz CT molecular complexity index is 539. The fourth-order valence-electron chi connectivity index (χ4n) is 1.33. The van der Waals surface area contributed by atoms with E-state index in [1.165, 1.54) is 0 Å². The summed E-state index contributed by atoms with van der Waals surface area (Å²) in [6.07, 6.45) is 0. The number of nitrogen functional groups attached to an aromatic ring is 1. The fraction of sp³-hybridized carbons (Fsp3) is 0.0909. The summed E-state index contributed by atoms with van der Waals surface area (Å²) in [5.74, 6) is 0.183. The minimum atomic E-state index is 0.183. The molecular formula is C11H9N3OS. The van der Waals surface area contributed by atoms with Gasteiger partial charge in [-0.1, -0.05) is 35.0 Å². The quantitative estimate of drug-likeness (QED) is 0.635. The lowest BCUT2D eigenvalue weighted by atomic mass is 10.1. The van der Waals surface area contributed by atoms with Crippen LogP contribution in [0.25, 0.3) is 11.3 Å². The molecule has 16 heavy (non-hydrogen) atoms. The van der Waals surface area contributed by atoms with E-state index in [-0.39, 0.29) is 5.88 Å². The lowest BCUT2D eigenvalue weighted by molar-refractivity contribution is 0.438. The summed E-state index contributed by atoms with van der Waals surface area (Å²) in [7, 11) is 0. The zero-order valence-corrected chi connectivity index (χ0v) is 9.41. The molecule has 0 unspecified atom stereocenters. The zero-order chi connectivity index (χ0) is 11.5. The van der Waals surface area contributed by atoms with Gasteiger partial charge in [-0.3, -0.25) is 0 Å². The molecule has 0 saturated heterocycles. The maximum Gasteiger partial charge on any atom is 0.237 e. The number of anilines is 1. The molecule has 1 aromatic heterocycles. The first kappa shape index (κ1) is 10.6. The number of benzene rings is 1. The van der Waals surface area contributed by atoms with Crippen LogP contribution in [0.5, 0.6) is 0 Å². The molecule has 0 radical (unpaired) electrons. The van der Waals surface area contributed by atoms with Gasteiger partial charge in [0, 0.05) is 5.56 Å². The Labute approximate surface area is 97.0 Å². The number of hydrogen-bond acceptors (Lipinski definition) is 5. The molecule has 0 aliphatic carbocycles. The Balaban J connectivity index is 2.48. The molecule has 1 aromatic carbocycles. The second-order valence-electron chi connectivity index (χ2n) is 3.28. The highest BCUT2D eigenvalue weighted by Gasteiger charge is 2.15. The van der Waals surface area contributed by atoms with Gasteiger partial charge in [0.1, 0.15) is 16.0 Å². The van der Waals surface area contributed by atoms with Gasteiger partial charge < -0.3 is 10.3 Å². The SMILES string of the molecule is Cc1ccc(-c2noc(N)c2SC#N)cc1. The summed E-state index contributed by atoms with van der Waals surface area (Å²) in [5.41, 5.74) is 8.26. The van der Waals surface area contributed by atoms with Gasteiger partial charge in [-0.15, -0.1) is 0 Å². The van der Waals surface area contributed by atoms with Gasteiger partial charge in [-0.2, -0.15) is 5.26 Å². The largest absolute Gasteiger partial charge is 0.367 e. The fourth-order valence-corrected chi connectivity index (χ4v) is 1.81. The molecule has 0 fully saturated rings. The molecule has 0 bridgehead atoms. The third-order valence-electron chi connectivity index (χ3n) is 2.15. The van der Waals surface area contributed by atoms with E-state index in [1.807, 2.05) is 36.6 Å². The number of nitriles is 1. The molecule has 0 atom stereocenters. The molecule has 80 valence electrons. The van der Waals surface area contributed by atoms with Crippen LogP contribution in [-0.2, 0) is 0 Å². The lowest BCUT2D eigenvalue weighted by Crippen LogP contribution is -1.84. The third-order valence-corrected chi connectivity index (χ3v) is 2.84. The monoisotopic (exact) mass is 231 g/mol. The summed E-state index contributed by atoms with van der Waals surface area (Å²) < 4.78 is 4.89. The molecule has 0 amide bonds. The molecule has 2 rings (SSSR count). The standard InChI is InChI=1S/C11H9N3OS/c1-7-2-4-8(5-3-7)9-10(16-6-12)11(13)15-14-9/h2-5H,13H2,1H3. The Hall–Kier alpha value is -1.93. The molecule has 0 spiro atoms. The molecule has 0 saturated carbocycles. The van der Waals surface area contributed by atoms with Crippen LogP contribution in [0.15, 0.2) is 33.7 Å². The first-order chi connectivity index (χ1) is 7.72. The molecule has 5 heteroatoms. The van der Waals surface area contributed by atoms with Crippen molar-refractivity contribution in [3.05, 3.63) is 29.8 Å². The number of nitrogens with two attached hydrogens (primary N) is 1. The highest BCUT2D eigenvalue weighted by molar-refractivity contribution is 8.04.